The van der Waals surface area contributed by atoms with E-state index in [-0.39, 0.29) is 34.1 Å². The van der Waals surface area contributed by atoms with Crippen LogP contribution in [-0.2, 0) is 21.3 Å². The quantitative estimate of drug-likeness (QED) is 0.454. The second-order valence-corrected chi connectivity index (χ2v) is 8.33. The number of ketones is 1. The van der Waals surface area contributed by atoms with Crippen molar-refractivity contribution in [2.24, 2.45) is 10.2 Å². The molecular weight excluding hydrogens is 392 g/mol. The Balaban J connectivity index is 2.26. The number of rotatable bonds is 5. The number of carbonyl (C=O) groups excluding carboxylic acids is 1. The van der Waals surface area contributed by atoms with Crippen molar-refractivity contribution in [2.75, 3.05) is 0 Å². The highest BCUT2D eigenvalue weighted by Gasteiger charge is 2.19. The molecule has 0 heterocycles. The minimum Gasteiger partial charge on any atom is -0.505 e. The highest BCUT2D eigenvalue weighted by molar-refractivity contribution is 7.85. The van der Waals surface area contributed by atoms with Gasteiger partial charge in [0.2, 0.25) is 0 Å². The first kappa shape index (κ1) is 20.6. The fourth-order valence-electron chi connectivity index (χ4n) is 3.17. The van der Waals surface area contributed by atoms with Gasteiger partial charge in [0.15, 0.2) is 5.75 Å². The van der Waals surface area contributed by atoms with E-state index in [1.54, 1.807) is 19.1 Å². The number of aromatic hydroxyl groups is 1. The molecule has 3 rings (SSSR count). The van der Waals surface area contributed by atoms with Crippen molar-refractivity contribution in [3.8, 4) is 5.75 Å². The summed E-state index contributed by atoms with van der Waals surface area (Å²) in [6, 6.07) is 11.5. The van der Waals surface area contributed by atoms with Crippen LogP contribution in [0.15, 0.2) is 57.6 Å². The Morgan fingerprint density at radius 1 is 1.03 bits per heavy atom. The Morgan fingerprint density at radius 2 is 1.72 bits per heavy atom. The van der Waals surface area contributed by atoms with Gasteiger partial charge in [-0.2, -0.15) is 13.5 Å². The molecule has 0 unspecified atom stereocenters. The first-order valence-corrected chi connectivity index (χ1v) is 10.3. The molecule has 0 fully saturated rings. The summed E-state index contributed by atoms with van der Waals surface area (Å²) in [5.41, 5.74) is 2.65. The number of benzene rings is 3. The molecule has 0 atom stereocenters. The maximum atomic E-state index is 11.7. The average molecular weight is 412 g/mol. The van der Waals surface area contributed by atoms with Crippen molar-refractivity contribution < 1.29 is 22.9 Å². The third kappa shape index (κ3) is 4.33. The molecule has 0 radical (unpaired) electrons. The number of hydrogen-bond acceptors (Lipinski definition) is 6. The minimum absolute atomic E-state index is 0.106. The fraction of sp³-hybridized carbons (Fsp3) is 0.190. The van der Waals surface area contributed by atoms with Crippen molar-refractivity contribution >= 4 is 38.0 Å². The summed E-state index contributed by atoms with van der Waals surface area (Å²) in [6.45, 7) is 4.95. The van der Waals surface area contributed by atoms with Crippen molar-refractivity contribution in [1.82, 2.24) is 0 Å². The standard InChI is InChI=1S/C21H20N2O5S/c1-12-6-4-5-7-18(12)22-23-20-13(2)8-15-10-17(29(26,27)28)11-16(9-14(3)24)19(15)21(20)25/h4-8,10-11,25H,9H2,1-3H3,(H,26,27,28). The molecule has 3 aromatic carbocycles. The molecule has 7 nitrogen and oxygen atoms in total. The van der Waals surface area contributed by atoms with Crippen LogP contribution in [0, 0.1) is 13.8 Å². The molecule has 3 aromatic rings. The molecule has 0 saturated heterocycles. The van der Waals surface area contributed by atoms with E-state index in [4.69, 9.17) is 0 Å². The first-order chi connectivity index (χ1) is 13.6. The van der Waals surface area contributed by atoms with E-state index in [1.165, 1.54) is 19.1 Å². The van der Waals surface area contributed by atoms with Gasteiger partial charge in [-0.3, -0.25) is 9.35 Å². The molecule has 2 N–H and O–H groups in total. The number of azo groups is 1. The van der Waals surface area contributed by atoms with Gasteiger partial charge in [0.05, 0.1) is 10.6 Å². The van der Waals surface area contributed by atoms with Crippen LogP contribution >= 0.6 is 0 Å². The van der Waals surface area contributed by atoms with Crippen LogP contribution in [0.4, 0.5) is 11.4 Å². The van der Waals surface area contributed by atoms with E-state index in [2.05, 4.69) is 10.2 Å². The second kappa shape index (κ2) is 7.73. The summed E-state index contributed by atoms with van der Waals surface area (Å²) in [5, 5.41) is 20.0. The molecule has 8 heteroatoms. The molecule has 0 aliphatic heterocycles. The fourth-order valence-corrected chi connectivity index (χ4v) is 3.74. The van der Waals surface area contributed by atoms with Gasteiger partial charge in [-0.1, -0.05) is 18.2 Å². The second-order valence-electron chi connectivity index (χ2n) is 6.91. The predicted octanol–water partition coefficient (Wildman–Crippen LogP) is 4.96. The van der Waals surface area contributed by atoms with Crippen LogP contribution in [0.25, 0.3) is 10.8 Å². The van der Waals surface area contributed by atoms with Crippen LogP contribution in [0.1, 0.15) is 23.6 Å². The molecular formula is C21H20N2O5S. The summed E-state index contributed by atoms with van der Waals surface area (Å²) >= 11 is 0. The number of aryl methyl sites for hydroxylation is 2. The highest BCUT2D eigenvalue weighted by atomic mass is 32.2. The van der Waals surface area contributed by atoms with Gasteiger partial charge in [-0.25, -0.2) is 0 Å². The summed E-state index contributed by atoms with van der Waals surface area (Å²) < 4.78 is 32.7. The first-order valence-electron chi connectivity index (χ1n) is 8.81. The number of nitrogens with zero attached hydrogens (tertiary/aromatic N) is 2. The number of phenolic OH excluding ortho intramolecular Hbond substituents is 1. The number of carbonyl (C=O) groups is 1. The zero-order chi connectivity index (χ0) is 21.3. The van der Waals surface area contributed by atoms with Gasteiger partial charge in [-0.05, 0) is 67.1 Å². The monoisotopic (exact) mass is 412 g/mol. The Kier molecular flexibility index (Phi) is 5.50. The zero-order valence-corrected chi connectivity index (χ0v) is 17.0. The van der Waals surface area contributed by atoms with E-state index >= 15 is 0 Å². The van der Waals surface area contributed by atoms with Crippen molar-refractivity contribution in [2.45, 2.75) is 32.1 Å². The Hall–Kier alpha value is -3.10. The van der Waals surface area contributed by atoms with Crippen LogP contribution in [0.5, 0.6) is 5.75 Å². The molecule has 0 saturated carbocycles. The largest absolute Gasteiger partial charge is 0.505 e. The molecule has 0 aliphatic carbocycles. The lowest BCUT2D eigenvalue weighted by molar-refractivity contribution is -0.116. The molecule has 29 heavy (non-hydrogen) atoms. The molecule has 150 valence electrons. The van der Waals surface area contributed by atoms with Gasteiger partial charge < -0.3 is 5.11 Å². The Bertz CT molecular complexity index is 1260. The molecule has 0 amide bonds. The van der Waals surface area contributed by atoms with Gasteiger partial charge in [0, 0.05) is 11.8 Å². The topological polar surface area (TPSA) is 116 Å². The average Bonchev–Trinajstić information content (AvgIpc) is 2.61. The third-order valence-corrected chi connectivity index (χ3v) is 5.37. The summed E-state index contributed by atoms with van der Waals surface area (Å²) in [5.74, 6) is -0.419. The lowest BCUT2D eigenvalue weighted by Gasteiger charge is -2.13. The van der Waals surface area contributed by atoms with Crippen LogP contribution in [-0.4, -0.2) is 23.9 Å². The number of Topliss-reactive ketones (excluding diaryl/α,β-unsaturated/α-hetero) is 1. The normalized spacial score (nSPS) is 12.0. The molecule has 0 bridgehead atoms. The predicted molar refractivity (Wildman–Crippen MR) is 110 cm³/mol. The summed E-state index contributed by atoms with van der Waals surface area (Å²) in [6.07, 6.45) is -0.106. The van der Waals surface area contributed by atoms with Crippen LogP contribution < -0.4 is 0 Å². The third-order valence-electron chi connectivity index (χ3n) is 4.54. The lowest BCUT2D eigenvalue weighted by Crippen LogP contribution is -2.03. The van der Waals surface area contributed by atoms with Gasteiger partial charge in [0.25, 0.3) is 10.1 Å². The van der Waals surface area contributed by atoms with E-state index in [9.17, 15) is 22.9 Å². The van der Waals surface area contributed by atoms with Gasteiger partial charge in [-0.15, -0.1) is 5.11 Å². The number of hydrogen-bond donors (Lipinski definition) is 2. The van der Waals surface area contributed by atoms with Crippen molar-refractivity contribution in [3.63, 3.8) is 0 Å². The minimum atomic E-state index is -4.47. The van der Waals surface area contributed by atoms with Crippen LogP contribution in [0.2, 0.25) is 0 Å². The summed E-state index contributed by atoms with van der Waals surface area (Å²) in [7, 11) is -4.47. The smallest absolute Gasteiger partial charge is 0.294 e. The maximum Gasteiger partial charge on any atom is 0.294 e. The number of phenols is 1. The zero-order valence-electron chi connectivity index (χ0n) is 16.2. The van der Waals surface area contributed by atoms with Crippen molar-refractivity contribution in [3.05, 3.63) is 59.2 Å². The molecule has 0 spiro atoms. The van der Waals surface area contributed by atoms with E-state index in [0.29, 0.717) is 22.0 Å². The van der Waals surface area contributed by atoms with Crippen molar-refractivity contribution in [1.29, 1.82) is 0 Å². The van der Waals surface area contributed by atoms with E-state index < -0.39 is 10.1 Å². The van der Waals surface area contributed by atoms with Gasteiger partial charge in [0.1, 0.15) is 11.5 Å². The Labute approximate surface area is 168 Å². The van der Waals surface area contributed by atoms with Crippen LogP contribution in [0.3, 0.4) is 0 Å². The molecule has 0 aromatic heterocycles. The Morgan fingerprint density at radius 3 is 2.34 bits per heavy atom. The highest BCUT2D eigenvalue weighted by Crippen LogP contribution is 2.41. The lowest BCUT2D eigenvalue weighted by atomic mass is 9.97. The van der Waals surface area contributed by atoms with E-state index in [0.717, 1.165) is 5.56 Å². The SMILES string of the molecule is CC(=O)Cc1cc(S(=O)(=O)O)cc2cc(C)c(N=Nc3ccccc3C)c(O)c12. The maximum absolute atomic E-state index is 11.7. The summed E-state index contributed by atoms with van der Waals surface area (Å²) in [4.78, 5) is 11.4. The molecule has 0 aliphatic rings. The van der Waals surface area contributed by atoms with E-state index in [1.807, 2.05) is 25.1 Å². The number of fused-ring (bicyclic) bond motifs is 1. The van der Waals surface area contributed by atoms with Gasteiger partial charge >= 0.3 is 0 Å².